The summed E-state index contributed by atoms with van der Waals surface area (Å²) >= 11 is 0. The van der Waals surface area contributed by atoms with Gasteiger partial charge in [0, 0.05) is 19.6 Å². The van der Waals surface area contributed by atoms with E-state index in [4.69, 9.17) is 4.74 Å². The number of carbonyl (C=O) groups excluding carboxylic acids is 1. The summed E-state index contributed by atoms with van der Waals surface area (Å²) in [6.45, 7) is 1.61. The van der Waals surface area contributed by atoms with Crippen LogP contribution in [0.2, 0.25) is 0 Å². The summed E-state index contributed by atoms with van der Waals surface area (Å²) in [7, 11) is -1.65. The Morgan fingerprint density at radius 1 is 1.41 bits per heavy atom. The van der Waals surface area contributed by atoms with E-state index in [2.05, 4.69) is 4.72 Å². The molecule has 0 aromatic heterocycles. The van der Waals surface area contributed by atoms with Gasteiger partial charge in [0.1, 0.15) is 5.75 Å². The molecule has 1 aromatic rings. The van der Waals surface area contributed by atoms with Crippen molar-refractivity contribution in [2.45, 2.75) is 12.8 Å². The number of methoxy groups -OCH3 is 1. The van der Waals surface area contributed by atoms with Crippen molar-refractivity contribution in [1.29, 1.82) is 0 Å². The molecule has 0 radical (unpaired) electrons. The first-order valence-corrected chi connectivity index (χ1v) is 9.17. The maximum atomic E-state index is 12.6. The number of carbonyl (C=O) groups is 1. The summed E-state index contributed by atoms with van der Waals surface area (Å²) in [5.74, 6) is 0.632. The largest absolute Gasteiger partial charge is 0.496 e. The maximum Gasteiger partial charge on any atom is 0.257 e. The highest BCUT2D eigenvalue weighted by Gasteiger charge is 2.26. The SMILES string of the molecule is COc1ccccc1C(=O)N1CCC[C@@H](CNS(C)(=O)=O)C1. The molecule has 1 heterocycles. The zero-order valence-corrected chi connectivity index (χ0v) is 13.7. The van der Waals surface area contributed by atoms with Crippen molar-refractivity contribution in [3.05, 3.63) is 29.8 Å². The van der Waals surface area contributed by atoms with Crippen LogP contribution in [0.25, 0.3) is 0 Å². The van der Waals surface area contributed by atoms with E-state index in [1.165, 1.54) is 0 Å². The van der Waals surface area contributed by atoms with Crippen molar-refractivity contribution in [3.63, 3.8) is 0 Å². The molecule has 0 aliphatic carbocycles. The number of para-hydroxylation sites is 1. The Kier molecular flexibility index (Phi) is 5.42. The molecular weight excluding hydrogens is 304 g/mol. The molecular formula is C15H22N2O4S. The smallest absolute Gasteiger partial charge is 0.257 e. The molecule has 1 saturated heterocycles. The molecule has 6 nitrogen and oxygen atoms in total. The molecule has 0 bridgehead atoms. The molecule has 0 unspecified atom stereocenters. The number of rotatable bonds is 5. The van der Waals surface area contributed by atoms with Crippen molar-refractivity contribution >= 4 is 15.9 Å². The summed E-state index contributed by atoms with van der Waals surface area (Å²) in [6.07, 6.45) is 2.93. The number of hydrogen-bond acceptors (Lipinski definition) is 4. The van der Waals surface area contributed by atoms with Gasteiger partial charge < -0.3 is 9.64 Å². The van der Waals surface area contributed by atoms with E-state index < -0.39 is 10.0 Å². The van der Waals surface area contributed by atoms with Crippen molar-refractivity contribution < 1.29 is 17.9 Å². The van der Waals surface area contributed by atoms with E-state index in [-0.39, 0.29) is 11.8 Å². The van der Waals surface area contributed by atoms with Crippen LogP contribution in [0.15, 0.2) is 24.3 Å². The van der Waals surface area contributed by atoms with Gasteiger partial charge in [0.15, 0.2) is 0 Å². The lowest BCUT2D eigenvalue weighted by atomic mass is 9.97. The fraction of sp³-hybridized carbons (Fsp3) is 0.533. The number of amides is 1. The lowest BCUT2D eigenvalue weighted by Gasteiger charge is -2.33. The van der Waals surface area contributed by atoms with Crippen LogP contribution in [-0.2, 0) is 10.0 Å². The second-order valence-corrected chi connectivity index (χ2v) is 7.41. The van der Waals surface area contributed by atoms with Gasteiger partial charge in [-0.25, -0.2) is 13.1 Å². The van der Waals surface area contributed by atoms with Gasteiger partial charge >= 0.3 is 0 Å². The van der Waals surface area contributed by atoms with Crippen LogP contribution in [0.4, 0.5) is 0 Å². The fourth-order valence-electron chi connectivity index (χ4n) is 2.68. The first-order chi connectivity index (χ1) is 10.4. The Bertz CT molecular complexity index is 630. The fourth-order valence-corrected chi connectivity index (χ4v) is 3.22. The number of piperidine rings is 1. The van der Waals surface area contributed by atoms with Gasteiger partial charge in [0.25, 0.3) is 5.91 Å². The number of hydrogen-bond donors (Lipinski definition) is 1. The summed E-state index contributed by atoms with van der Waals surface area (Å²) in [5.41, 5.74) is 0.543. The minimum atomic E-state index is -3.20. The first kappa shape index (κ1) is 16.8. The second-order valence-electron chi connectivity index (χ2n) is 5.58. The zero-order chi connectivity index (χ0) is 16.2. The number of benzene rings is 1. The highest BCUT2D eigenvalue weighted by atomic mass is 32.2. The highest BCUT2D eigenvalue weighted by Crippen LogP contribution is 2.23. The molecule has 1 aromatic carbocycles. The Hall–Kier alpha value is -1.60. The molecule has 1 amide bonds. The Morgan fingerprint density at radius 2 is 2.14 bits per heavy atom. The van der Waals surface area contributed by atoms with Crippen LogP contribution >= 0.6 is 0 Å². The third-order valence-electron chi connectivity index (χ3n) is 3.78. The van der Waals surface area contributed by atoms with Gasteiger partial charge in [-0.15, -0.1) is 0 Å². The van der Waals surface area contributed by atoms with Gasteiger partial charge in [-0.1, -0.05) is 12.1 Å². The normalized spacial score (nSPS) is 19.0. The Balaban J connectivity index is 2.04. The third kappa shape index (κ3) is 4.45. The average molecular weight is 326 g/mol. The minimum absolute atomic E-state index is 0.0681. The molecule has 1 aliphatic rings. The van der Waals surface area contributed by atoms with Crippen molar-refractivity contribution in [2.75, 3.05) is 33.0 Å². The number of ether oxygens (including phenoxy) is 1. The third-order valence-corrected chi connectivity index (χ3v) is 4.47. The van der Waals surface area contributed by atoms with Gasteiger partial charge in [-0.3, -0.25) is 4.79 Å². The first-order valence-electron chi connectivity index (χ1n) is 7.27. The van der Waals surface area contributed by atoms with Crippen molar-refractivity contribution in [1.82, 2.24) is 9.62 Å². The van der Waals surface area contributed by atoms with E-state index in [9.17, 15) is 13.2 Å². The number of nitrogens with one attached hydrogen (secondary N) is 1. The Labute approximate surface area is 131 Å². The molecule has 0 spiro atoms. The van der Waals surface area contributed by atoms with Gasteiger partial charge in [-0.05, 0) is 30.9 Å². The summed E-state index contributed by atoms with van der Waals surface area (Å²) in [4.78, 5) is 14.4. The van der Waals surface area contributed by atoms with E-state index in [0.717, 1.165) is 19.1 Å². The summed E-state index contributed by atoms with van der Waals surface area (Å²) in [5, 5.41) is 0. The van der Waals surface area contributed by atoms with Crippen molar-refractivity contribution in [2.24, 2.45) is 5.92 Å². The van der Waals surface area contributed by atoms with E-state index in [0.29, 0.717) is 30.9 Å². The highest BCUT2D eigenvalue weighted by molar-refractivity contribution is 7.88. The topological polar surface area (TPSA) is 75.7 Å². The molecule has 22 heavy (non-hydrogen) atoms. The predicted octanol–water partition coefficient (Wildman–Crippen LogP) is 1.10. The van der Waals surface area contributed by atoms with Gasteiger partial charge in [0.05, 0.1) is 18.9 Å². The molecule has 1 atom stereocenters. The Morgan fingerprint density at radius 3 is 2.82 bits per heavy atom. The molecule has 122 valence electrons. The average Bonchev–Trinajstić information content (AvgIpc) is 2.52. The zero-order valence-electron chi connectivity index (χ0n) is 12.9. The minimum Gasteiger partial charge on any atom is -0.496 e. The van der Waals surface area contributed by atoms with Crippen LogP contribution in [0.5, 0.6) is 5.75 Å². The number of sulfonamides is 1. The lowest BCUT2D eigenvalue weighted by Crippen LogP contribution is -2.43. The summed E-state index contributed by atoms with van der Waals surface area (Å²) < 4.78 is 30.1. The second kappa shape index (κ2) is 7.11. The lowest BCUT2D eigenvalue weighted by molar-refractivity contribution is 0.0673. The van der Waals surface area contributed by atoms with E-state index in [1.807, 2.05) is 12.1 Å². The maximum absolute atomic E-state index is 12.6. The molecule has 2 rings (SSSR count). The monoisotopic (exact) mass is 326 g/mol. The van der Waals surface area contributed by atoms with E-state index >= 15 is 0 Å². The van der Waals surface area contributed by atoms with Crippen LogP contribution in [0.1, 0.15) is 23.2 Å². The van der Waals surface area contributed by atoms with Gasteiger partial charge in [-0.2, -0.15) is 0 Å². The van der Waals surface area contributed by atoms with Crippen molar-refractivity contribution in [3.8, 4) is 5.75 Å². The van der Waals surface area contributed by atoms with Crippen LogP contribution in [0, 0.1) is 5.92 Å². The van der Waals surface area contributed by atoms with Crippen LogP contribution in [0.3, 0.4) is 0 Å². The van der Waals surface area contributed by atoms with Crippen LogP contribution in [-0.4, -0.2) is 52.2 Å². The molecule has 0 saturated carbocycles. The van der Waals surface area contributed by atoms with E-state index in [1.54, 1.807) is 24.1 Å². The van der Waals surface area contributed by atoms with Gasteiger partial charge in [0.2, 0.25) is 10.0 Å². The number of likely N-dealkylation sites (tertiary alicyclic amines) is 1. The van der Waals surface area contributed by atoms with Crippen LogP contribution < -0.4 is 9.46 Å². The summed E-state index contributed by atoms with van der Waals surface area (Å²) in [6, 6.07) is 7.15. The standard InChI is InChI=1S/C15H22N2O4S/c1-21-14-8-4-3-7-13(14)15(18)17-9-5-6-12(11-17)10-16-22(2,19)20/h3-4,7-8,12,16H,5-6,9-11H2,1-2H3/t12-/m0/s1. The molecule has 7 heteroatoms. The predicted molar refractivity (Wildman–Crippen MR) is 84.5 cm³/mol. The molecule has 1 N–H and O–H groups in total. The molecule has 1 aliphatic heterocycles. The quantitative estimate of drug-likeness (QED) is 0.879. The number of nitrogens with zero attached hydrogens (tertiary/aromatic N) is 1. The molecule has 1 fully saturated rings.